The fraction of sp³-hybridized carbons (Fsp3) is 0.190. The molecule has 1 amide bonds. The van der Waals surface area contributed by atoms with E-state index in [9.17, 15) is 14.9 Å². The fourth-order valence-electron chi connectivity index (χ4n) is 2.38. The number of nitriles is 1. The van der Waals surface area contributed by atoms with E-state index in [2.05, 4.69) is 19.2 Å². The maximum Gasteiger partial charge on any atom is 0.266 e. The van der Waals surface area contributed by atoms with Crippen molar-refractivity contribution in [1.82, 2.24) is 0 Å². The van der Waals surface area contributed by atoms with Gasteiger partial charge in [-0.2, -0.15) is 5.26 Å². The zero-order valence-corrected chi connectivity index (χ0v) is 14.5. The summed E-state index contributed by atoms with van der Waals surface area (Å²) >= 11 is 0. The van der Waals surface area contributed by atoms with Crippen LogP contribution in [0.5, 0.6) is 0 Å². The molecule has 0 saturated carbocycles. The molecule has 4 heteroatoms. The minimum Gasteiger partial charge on any atom is -0.321 e. The topological polar surface area (TPSA) is 70.0 Å². The van der Waals surface area contributed by atoms with E-state index < -0.39 is 5.91 Å². The normalized spacial score (nSPS) is 11.1. The van der Waals surface area contributed by atoms with Gasteiger partial charge in [0.1, 0.15) is 11.6 Å². The van der Waals surface area contributed by atoms with Crippen LogP contribution in [-0.4, -0.2) is 11.7 Å². The molecule has 0 radical (unpaired) electrons. The molecule has 0 bridgehead atoms. The molecule has 0 heterocycles. The average molecular weight is 332 g/mol. The number of para-hydroxylation sites is 1. The molecule has 4 nitrogen and oxygen atoms in total. The largest absolute Gasteiger partial charge is 0.321 e. The second-order valence-corrected chi connectivity index (χ2v) is 6.05. The Hall–Kier alpha value is -3.19. The molecule has 0 aliphatic rings. The number of hydrogen-bond acceptors (Lipinski definition) is 3. The molecule has 2 aromatic rings. The van der Waals surface area contributed by atoms with Crippen LogP contribution in [0.4, 0.5) is 5.69 Å². The van der Waals surface area contributed by atoms with Gasteiger partial charge in [0, 0.05) is 5.56 Å². The fourth-order valence-corrected chi connectivity index (χ4v) is 2.38. The van der Waals surface area contributed by atoms with Crippen LogP contribution in [0.1, 0.15) is 48.2 Å². The summed E-state index contributed by atoms with van der Waals surface area (Å²) in [6.45, 7) is 5.64. The van der Waals surface area contributed by atoms with Gasteiger partial charge >= 0.3 is 0 Å². The van der Waals surface area contributed by atoms with Gasteiger partial charge in [0.05, 0.1) is 5.69 Å². The average Bonchev–Trinajstić information content (AvgIpc) is 2.60. The SMILES string of the molecule is CC(=O)c1ccccc1NC(=O)/C(C#N)=C\c1ccc(C(C)C)cc1. The van der Waals surface area contributed by atoms with Crippen molar-refractivity contribution in [2.75, 3.05) is 5.32 Å². The van der Waals surface area contributed by atoms with E-state index in [0.717, 1.165) is 5.56 Å². The number of rotatable bonds is 5. The van der Waals surface area contributed by atoms with E-state index in [1.165, 1.54) is 18.6 Å². The third-order valence-corrected chi connectivity index (χ3v) is 3.83. The number of hydrogen-bond donors (Lipinski definition) is 1. The summed E-state index contributed by atoms with van der Waals surface area (Å²) in [6, 6.07) is 16.4. The third-order valence-electron chi connectivity index (χ3n) is 3.83. The highest BCUT2D eigenvalue weighted by molar-refractivity contribution is 6.12. The van der Waals surface area contributed by atoms with Crippen molar-refractivity contribution < 1.29 is 9.59 Å². The van der Waals surface area contributed by atoms with Gasteiger partial charge in [-0.25, -0.2) is 0 Å². The number of nitrogens with zero attached hydrogens (tertiary/aromatic N) is 1. The Balaban J connectivity index is 2.24. The van der Waals surface area contributed by atoms with Gasteiger partial charge in [-0.1, -0.05) is 50.2 Å². The van der Waals surface area contributed by atoms with Gasteiger partial charge in [-0.15, -0.1) is 0 Å². The van der Waals surface area contributed by atoms with E-state index in [4.69, 9.17) is 0 Å². The summed E-state index contributed by atoms with van der Waals surface area (Å²) in [5.41, 5.74) is 2.76. The molecule has 0 aliphatic heterocycles. The monoisotopic (exact) mass is 332 g/mol. The standard InChI is InChI=1S/C21H20N2O2/c1-14(2)17-10-8-16(9-11-17)12-18(13-22)21(25)23-20-7-5-4-6-19(20)15(3)24/h4-12,14H,1-3H3,(H,23,25)/b18-12-. The highest BCUT2D eigenvalue weighted by Crippen LogP contribution is 2.19. The Kier molecular flexibility index (Phi) is 5.86. The van der Waals surface area contributed by atoms with Gasteiger partial charge in [0.15, 0.2) is 5.78 Å². The van der Waals surface area contributed by atoms with Crippen LogP contribution in [-0.2, 0) is 4.79 Å². The second kappa shape index (κ2) is 8.07. The van der Waals surface area contributed by atoms with E-state index in [1.54, 1.807) is 24.3 Å². The van der Waals surface area contributed by atoms with Gasteiger partial charge in [0.2, 0.25) is 0 Å². The summed E-state index contributed by atoms with van der Waals surface area (Å²) in [4.78, 5) is 24.0. The van der Waals surface area contributed by atoms with Crippen LogP contribution in [0.3, 0.4) is 0 Å². The molecule has 0 aliphatic carbocycles. The molecule has 0 unspecified atom stereocenters. The van der Waals surface area contributed by atoms with Crippen molar-refractivity contribution in [3.63, 3.8) is 0 Å². The first kappa shape index (κ1) is 18.2. The number of carbonyl (C=O) groups excluding carboxylic acids is 2. The number of carbonyl (C=O) groups is 2. The first-order chi connectivity index (χ1) is 11.9. The van der Waals surface area contributed by atoms with Crippen molar-refractivity contribution in [3.8, 4) is 6.07 Å². The Morgan fingerprint density at radius 1 is 1.08 bits per heavy atom. The Labute approximate surface area is 147 Å². The van der Waals surface area contributed by atoms with Gasteiger partial charge in [-0.3, -0.25) is 9.59 Å². The van der Waals surface area contributed by atoms with Crippen molar-refractivity contribution >= 4 is 23.5 Å². The summed E-state index contributed by atoms with van der Waals surface area (Å²) in [7, 11) is 0. The van der Waals surface area contributed by atoms with Gasteiger partial charge in [-0.05, 0) is 42.2 Å². The highest BCUT2D eigenvalue weighted by Gasteiger charge is 2.13. The van der Waals surface area contributed by atoms with Crippen LogP contribution >= 0.6 is 0 Å². The predicted octanol–water partition coefficient (Wildman–Crippen LogP) is 4.56. The molecule has 2 rings (SSSR count). The second-order valence-electron chi connectivity index (χ2n) is 6.05. The van der Waals surface area contributed by atoms with E-state index in [0.29, 0.717) is 17.2 Å². The molecule has 0 spiro atoms. The molecule has 25 heavy (non-hydrogen) atoms. The number of Topliss-reactive ketones (excluding diaryl/α,β-unsaturated/α-hetero) is 1. The molecule has 0 fully saturated rings. The quantitative estimate of drug-likeness (QED) is 0.496. The molecular formula is C21H20N2O2. The first-order valence-corrected chi connectivity index (χ1v) is 8.05. The minimum atomic E-state index is -0.538. The Morgan fingerprint density at radius 2 is 1.72 bits per heavy atom. The Morgan fingerprint density at radius 3 is 2.28 bits per heavy atom. The summed E-state index contributed by atoms with van der Waals surface area (Å²) < 4.78 is 0. The lowest BCUT2D eigenvalue weighted by atomic mass is 10.0. The molecular weight excluding hydrogens is 312 g/mol. The zero-order valence-electron chi connectivity index (χ0n) is 14.5. The maximum atomic E-state index is 12.4. The van der Waals surface area contributed by atoms with Crippen molar-refractivity contribution in [2.45, 2.75) is 26.7 Å². The Bertz CT molecular complexity index is 856. The van der Waals surface area contributed by atoms with Crippen molar-refractivity contribution in [2.24, 2.45) is 0 Å². The molecule has 1 N–H and O–H groups in total. The lowest BCUT2D eigenvalue weighted by molar-refractivity contribution is -0.112. The van der Waals surface area contributed by atoms with Crippen LogP contribution in [0.15, 0.2) is 54.1 Å². The zero-order chi connectivity index (χ0) is 18.4. The first-order valence-electron chi connectivity index (χ1n) is 8.05. The predicted molar refractivity (Wildman–Crippen MR) is 99.2 cm³/mol. The summed E-state index contributed by atoms with van der Waals surface area (Å²) in [5, 5.41) is 12.0. The minimum absolute atomic E-state index is 0.0179. The lowest BCUT2D eigenvalue weighted by Crippen LogP contribution is -2.15. The third kappa shape index (κ3) is 4.65. The van der Waals surface area contributed by atoms with Gasteiger partial charge in [0.25, 0.3) is 5.91 Å². The lowest BCUT2D eigenvalue weighted by Gasteiger charge is -2.08. The van der Waals surface area contributed by atoms with Crippen LogP contribution in [0, 0.1) is 11.3 Å². The van der Waals surface area contributed by atoms with Crippen LogP contribution in [0.25, 0.3) is 6.08 Å². The summed E-state index contributed by atoms with van der Waals surface area (Å²) in [6.07, 6.45) is 1.54. The van der Waals surface area contributed by atoms with Crippen molar-refractivity contribution in [3.05, 3.63) is 70.8 Å². The smallest absolute Gasteiger partial charge is 0.266 e. The molecule has 0 atom stereocenters. The molecule has 0 aromatic heterocycles. The van der Waals surface area contributed by atoms with Crippen molar-refractivity contribution in [1.29, 1.82) is 5.26 Å². The number of nitrogens with one attached hydrogen (secondary N) is 1. The number of benzene rings is 2. The molecule has 126 valence electrons. The molecule has 0 saturated heterocycles. The maximum absolute atomic E-state index is 12.4. The van der Waals surface area contributed by atoms with Gasteiger partial charge < -0.3 is 5.32 Å². The highest BCUT2D eigenvalue weighted by atomic mass is 16.2. The number of ketones is 1. The van der Waals surface area contributed by atoms with E-state index in [-0.39, 0.29) is 11.4 Å². The van der Waals surface area contributed by atoms with E-state index in [1.807, 2.05) is 30.3 Å². The van der Waals surface area contributed by atoms with Crippen LogP contribution < -0.4 is 5.32 Å². The van der Waals surface area contributed by atoms with Crippen LogP contribution in [0.2, 0.25) is 0 Å². The number of anilines is 1. The molecule has 2 aromatic carbocycles. The van der Waals surface area contributed by atoms with E-state index >= 15 is 0 Å². The summed E-state index contributed by atoms with van der Waals surface area (Å²) in [5.74, 6) is -0.272. The number of amides is 1.